The first kappa shape index (κ1) is 10.2. The van der Waals surface area contributed by atoms with Gasteiger partial charge in [0.25, 0.3) is 0 Å². The molecule has 0 saturated carbocycles. The van der Waals surface area contributed by atoms with Gasteiger partial charge in [0.05, 0.1) is 6.54 Å². The number of amides is 1. The van der Waals surface area contributed by atoms with Gasteiger partial charge in [-0.2, -0.15) is 0 Å². The fraction of sp³-hybridized carbons (Fsp3) is 0.417. The summed E-state index contributed by atoms with van der Waals surface area (Å²) in [6, 6.07) is 9.88. The summed E-state index contributed by atoms with van der Waals surface area (Å²) in [6.07, 6.45) is 0.606. The Kier molecular flexibility index (Phi) is 3.02. The largest absolute Gasteiger partial charge is 0.273 e. The van der Waals surface area contributed by atoms with Crippen molar-refractivity contribution in [3.63, 3.8) is 0 Å². The van der Waals surface area contributed by atoms with E-state index in [9.17, 15) is 4.79 Å². The molecule has 0 radical (unpaired) electrons. The van der Waals surface area contributed by atoms with Crippen LogP contribution in [0.1, 0.15) is 18.9 Å². The van der Waals surface area contributed by atoms with Crippen molar-refractivity contribution in [2.24, 2.45) is 5.92 Å². The predicted molar refractivity (Wildman–Crippen MR) is 56.7 cm³/mol. The summed E-state index contributed by atoms with van der Waals surface area (Å²) in [5, 5.41) is 1.48. The van der Waals surface area contributed by atoms with Gasteiger partial charge in [-0.05, 0) is 11.5 Å². The molecule has 1 atom stereocenters. The van der Waals surface area contributed by atoms with Crippen molar-refractivity contribution in [1.29, 1.82) is 0 Å². The van der Waals surface area contributed by atoms with Gasteiger partial charge in [-0.15, -0.1) is 0 Å². The van der Waals surface area contributed by atoms with Crippen LogP contribution in [0, 0.1) is 5.92 Å². The monoisotopic (exact) mass is 205 g/mol. The molecule has 3 heteroatoms. The molecule has 1 aliphatic rings. The molecular weight excluding hydrogens is 190 g/mol. The van der Waals surface area contributed by atoms with Gasteiger partial charge in [0.1, 0.15) is 6.61 Å². The van der Waals surface area contributed by atoms with Gasteiger partial charge in [0, 0.05) is 6.42 Å². The van der Waals surface area contributed by atoms with Gasteiger partial charge in [-0.3, -0.25) is 9.63 Å². The standard InChI is InChI=1S/C12H15NO2/c1-10-7-12(14)13(8-10)15-9-11-5-3-2-4-6-11/h2-6,10H,7-9H2,1H3/t10-/m1/s1. The Morgan fingerprint density at radius 1 is 1.40 bits per heavy atom. The molecule has 1 heterocycles. The van der Waals surface area contributed by atoms with E-state index in [1.165, 1.54) is 5.06 Å². The molecule has 1 aliphatic heterocycles. The van der Waals surface area contributed by atoms with E-state index in [0.29, 0.717) is 25.5 Å². The van der Waals surface area contributed by atoms with Crippen molar-refractivity contribution in [1.82, 2.24) is 5.06 Å². The molecular formula is C12H15NO2. The molecule has 1 aromatic carbocycles. The Hall–Kier alpha value is -1.35. The minimum atomic E-state index is 0.0958. The third kappa shape index (κ3) is 2.57. The molecule has 0 unspecified atom stereocenters. The molecule has 1 saturated heterocycles. The summed E-state index contributed by atoms with van der Waals surface area (Å²) in [7, 11) is 0. The van der Waals surface area contributed by atoms with Gasteiger partial charge >= 0.3 is 0 Å². The van der Waals surface area contributed by atoms with Crippen LogP contribution in [0.3, 0.4) is 0 Å². The van der Waals surface area contributed by atoms with Crippen LogP contribution in [0.5, 0.6) is 0 Å². The van der Waals surface area contributed by atoms with Gasteiger partial charge in [-0.1, -0.05) is 37.3 Å². The van der Waals surface area contributed by atoms with Crippen LogP contribution >= 0.6 is 0 Å². The van der Waals surface area contributed by atoms with Crippen molar-refractivity contribution in [3.8, 4) is 0 Å². The molecule has 80 valence electrons. The lowest BCUT2D eigenvalue weighted by Gasteiger charge is -2.15. The van der Waals surface area contributed by atoms with Crippen LogP contribution in [0.4, 0.5) is 0 Å². The Balaban J connectivity index is 1.86. The van der Waals surface area contributed by atoms with Crippen molar-refractivity contribution in [3.05, 3.63) is 35.9 Å². The number of hydrogen-bond donors (Lipinski definition) is 0. The Bertz CT molecular complexity index is 337. The molecule has 3 nitrogen and oxygen atoms in total. The number of benzene rings is 1. The second kappa shape index (κ2) is 4.45. The summed E-state index contributed by atoms with van der Waals surface area (Å²) in [4.78, 5) is 16.9. The molecule has 0 N–H and O–H groups in total. The summed E-state index contributed by atoms with van der Waals surface area (Å²) in [6.45, 7) is 3.24. The summed E-state index contributed by atoms with van der Waals surface area (Å²) < 4.78 is 0. The lowest BCUT2D eigenvalue weighted by Crippen LogP contribution is -2.25. The highest BCUT2D eigenvalue weighted by Gasteiger charge is 2.27. The minimum Gasteiger partial charge on any atom is -0.273 e. The normalized spacial score (nSPS) is 21.0. The van der Waals surface area contributed by atoms with Crippen LogP contribution in [0.25, 0.3) is 0 Å². The second-order valence-electron chi connectivity index (χ2n) is 4.02. The van der Waals surface area contributed by atoms with E-state index in [2.05, 4.69) is 6.92 Å². The number of hydrogen-bond acceptors (Lipinski definition) is 2. The van der Waals surface area contributed by atoms with E-state index in [1.54, 1.807) is 0 Å². The van der Waals surface area contributed by atoms with Gasteiger partial charge < -0.3 is 0 Å². The minimum absolute atomic E-state index is 0.0958. The Morgan fingerprint density at radius 2 is 2.13 bits per heavy atom. The van der Waals surface area contributed by atoms with Crippen LogP contribution in [-0.2, 0) is 16.2 Å². The van der Waals surface area contributed by atoms with Crippen molar-refractivity contribution >= 4 is 5.91 Å². The Morgan fingerprint density at radius 3 is 2.73 bits per heavy atom. The van der Waals surface area contributed by atoms with Gasteiger partial charge in [0.2, 0.25) is 5.91 Å². The summed E-state index contributed by atoms with van der Waals surface area (Å²) in [5.41, 5.74) is 1.09. The fourth-order valence-corrected chi connectivity index (χ4v) is 1.70. The van der Waals surface area contributed by atoms with Crippen LogP contribution in [0.2, 0.25) is 0 Å². The highest BCUT2D eigenvalue weighted by atomic mass is 16.7. The van der Waals surface area contributed by atoms with E-state index in [4.69, 9.17) is 4.84 Å². The first-order valence-electron chi connectivity index (χ1n) is 5.23. The average molecular weight is 205 g/mol. The predicted octanol–water partition coefficient (Wildman–Crippen LogP) is 1.99. The molecule has 1 aromatic rings. The number of carbonyl (C=O) groups excluding carboxylic acids is 1. The highest BCUT2D eigenvalue weighted by Crippen LogP contribution is 2.17. The number of carbonyl (C=O) groups is 1. The highest BCUT2D eigenvalue weighted by molar-refractivity contribution is 5.77. The topological polar surface area (TPSA) is 29.5 Å². The van der Waals surface area contributed by atoms with E-state index in [-0.39, 0.29) is 5.91 Å². The molecule has 2 rings (SSSR count). The van der Waals surface area contributed by atoms with Crippen LogP contribution in [0.15, 0.2) is 30.3 Å². The lowest BCUT2D eigenvalue weighted by atomic mass is 10.2. The molecule has 0 spiro atoms. The maximum atomic E-state index is 11.4. The zero-order valence-corrected chi connectivity index (χ0v) is 8.85. The zero-order chi connectivity index (χ0) is 10.7. The van der Waals surface area contributed by atoms with Crippen LogP contribution in [-0.4, -0.2) is 17.5 Å². The zero-order valence-electron chi connectivity index (χ0n) is 8.85. The quantitative estimate of drug-likeness (QED) is 0.755. The molecule has 0 aromatic heterocycles. The van der Waals surface area contributed by atoms with E-state index < -0.39 is 0 Å². The second-order valence-corrected chi connectivity index (χ2v) is 4.02. The molecule has 1 fully saturated rings. The molecule has 0 aliphatic carbocycles. The van der Waals surface area contributed by atoms with Crippen LogP contribution < -0.4 is 0 Å². The summed E-state index contributed by atoms with van der Waals surface area (Å²) >= 11 is 0. The van der Waals surface area contributed by atoms with Crippen molar-refractivity contribution < 1.29 is 9.63 Å². The first-order valence-corrected chi connectivity index (χ1v) is 5.23. The maximum absolute atomic E-state index is 11.4. The summed E-state index contributed by atoms with van der Waals surface area (Å²) in [5.74, 6) is 0.506. The van der Waals surface area contributed by atoms with E-state index >= 15 is 0 Å². The third-order valence-corrected chi connectivity index (χ3v) is 2.51. The third-order valence-electron chi connectivity index (χ3n) is 2.51. The maximum Gasteiger partial charge on any atom is 0.246 e. The number of rotatable bonds is 3. The van der Waals surface area contributed by atoms with Crippen molar-refractivity contribution in [2.45, 2.75) is 20.0 Å². The smallest absolute Gasteiger partial charge is 0.246 e. The van der Waals surface area contributed by atoms with E-state index in [0.717, 1.165) is 5.56 Å². The number of hydroxylamine groups is 2. The molecule has 15 heavy (non-hydrogen) atoms. The molecule has 0 bridgehead atoms. The van der Waals surface area contributed by atoms with Gasteiger partial charge in [0.15, 0.2) is 0 Å². The lowest BCUT2D eigenvalue weighted by molar-refractivity contribution is -0.182. The number of nitrogens with zero attached hydrogens (tertiary/aromatic N) is 1. The van der Waals surface area contributed by atoms with E-state index in [1.807, 2.05) is 30.3 Å². The SMILES string of the molecule is C[C@@H]1CC(=O)N(OCc2ccccc2)C1. The Labute approximate surface area is 89.6 Å². The van der Waals surface area contributed by atoms with Gasteiger partial charge in [-0.25, -0.2) is 5.06 Å². The van der Waals surface area contributed by atoms with Crippen molar-refractivity contribution in [2.75, 3.05) is 6.54 Å². The molecule has 1 amide bonds. The fourth-order valence-electron chi connectivity index (χ4n) is 1.70. The first-order chi connectivity index (χ1) is 7.25. The average Bonchev–Trinajstić information content (AvgIpc) is 2.56.